The molecule has 2 nitrogen and oxygen atoms in total. The van der Waals surface area contributed by atoms with Crippen molar-refractivity contribution in [2.75, 3.05) is 26.7 Å². The highest BCUT2D eigenvalue weighted by atomic mass is 19.4. The van der Waals surface area contributed by atoms with Crippen LogP contribution in [0.1, 0.15) is 12.0 Å². The summed E-state index contributed by atoms with van der Waals surface area (Å²) in [5.41, 5.74) is 1.18. The molecule has 5 heteroatoms. The zero-order chi connectivity index (χ0) is 13.4. The van der Waals surface area contributed by atoms with Gasteiger partial charge in [-0.25, -0.2) is 0 Å². The standard InChI is InChI=1S/C13H19F3N2/c1-18(9-7-13(14,15)16)10-8-17-11-12-5-3-2-4-6-12/h2-6,17H,7-11H2,1H3. The van der Waals surface area contributed by atoms with Gasteiger partial charge in [-0.05, 0) is 12.6 Å². The van der Waals surface area contributed by atoms with Crippen LogP contribution in [-0.2, 0) is 6.54 Å². The molecule has 0 bridgehead atoms. The van der Waals surface area contributed by atoms with Gasteiger partial charge >= 0.3 is 6.18 Å². The van der Waals surface area contributed by atoms with E-state index >= 15 is 0 Å². The van der Waals surface area contributed by atoms with E-state index in [1.165, 1.54) is 5.56 Å². The molecule has 102 valence electrons. The minimum absolute atomic E-state index is 0.0521. The Hall–Kier alpha value is -1.07. The van der Waals surface area contributed by atoms with Crippen LogP contribution in [0.15, 0.2) is 30.3 Å². The molecule has 0 heterocycles. The zero-order valence-corrected chi connectivity index (χ0v) is 10.5. The maximum absolute atomic E-state index is 12.0. The van der Waals surface area contributed by atoms with Crippen molar-refractivity contribution in [1.29, 1.82) is 0 Å². The first-order valence-corrected chi connectivity index (χ1v) is 5.97. The Morgan fingerprint density at radius 3 is 2.39 bits per heavy atom. The first-order chi connectivity index (χ1) is 8.47. The number of nitrogens with zero attached hydrogens (tertiary/aromatic N) is 1. The molecule has 0 spiro atoms. The number of nitrogens with one attached hydrogen (secondary N) is 1. The summed E-state index contributed by atoms with van der Waals surface area (Å²) in [5.74, 6) is 0. The van der Waals surface area contributed by atoms with E-state index < -0.39 is 12.6 Å². The zero-order valence-electron chi connectivity index (χ0n) is 10.5. The number of hydrogen-bond donors (Lipinski definition) is 1. The molecular weight excluding hydrogens is 241 g/mol. The fraction of sp³-hybridized carbons (Fsp3) is 0.538. The topological polar surface area (TPSA) is 15.3 Å². The quantitative estimate of drug-likeness (QED) is 0.758. The maximum atomic E-state index is 12.0. The molecule has 18 heavy (non-hydrogen) atoms. The Bertz CT molecular complexity index is 325. The largest absolute Gasteiger partial charge is 0.390 e. The van der Waals surface area contributed by atoms with Gasteiger partial charge in [0.2, 0.25) is 0 Å². The predicted octanol–water partition coefficient (Wildman–Crippen LogP) is 2.66. The predicted molar refractivity (Wildman–Crippen MR) is 66.3 cm³/mol. The summed E-state index contributed by atoms with van der Waals surface area (Å²) < 4.78 is 36.0. The Morgan fingerprint density at radius 1 is 1.11 bits per heavy atom. The van der Waals surface area contributed by atoms with Crippen molar-refractivity contribution in [2.45, 2.75) is 19.1 Å². The fourth-order valence-electron chi connectivity index (χ4n) is 1.53. The summed E-state index contributed by atoms with van der Waals surface area (Å²) in [5, 5.41) is 3.21. The summed E-state index contributed by atoms with van der Waals surface area (Å²) in [7, 11) is 1.70. The molecule has 0 aliphatic rings. The number of halogens is 3. The van der Waals surface area contributed by atoms with Gasteiger partial charge < -0.3 is 10.2 Å². The molecule has 1 aromatic carbocycles. The van der Waals surface area contributed by atoms with Gasteiger partial charge in [-0.15, -0.1) is 0 Å². The lowest BCUT2D eigenvalue weighted by molar-refractivity contribution is -0.137. The van der Waals surface area contributed by atoms with Gasteiger partial charge in [-0.2, -0.15) is 13.2 Å². The number of alkyl halides is 3. The lowest BCUT2D eigenvalue weighted by atomic mass is 10.2. The van der Waals surface area contributed by atoms with Crippen LogP contribution in [0.25, 0.3) is 0 Å². The molecular formula is C13H19F3N2. The van der Waals surface area contributed by atoms with Gasteiger partial charge in [0.25, 0.3) is 0 Å². The Labute approximate surface area is 106 Å². The number of hydrogen-bond acceptors (Lipinski definition) is 2. The summed E-state index contributed by atoms with van der Waals surface area (Å²) in [6.45, 7) is 2.09. The summed E-state index contributed by atoms with van der Waals surface area (Å²) >= 11 is 0. The van der Waals surface area contributed by atoms with Crippen LogP contribution in [0, 0.1) is 0 Å². The molecule has 0 saturated carbocycles. The average molecular weight is 260 g/mol. The highest BCUT2D eigenvalue weighted by molar-refractivity contribution is 5.14. The second-order valence-corrected chi connectivity index (χ2v) is 4.33. The van der Waals surface area contributed by atoms with Gasteiger partial charge in [0.1, 0.15) is 0 Å². The van der Waals surface area contributed by atoms with Gasteiger partial charge in [-0.3, -0.25) is 0 Å². The van der Waals surface area contributed by atoms with Gasteiger partial charge in [-0.1, -0.05) is 30.3 Å². The molecule has 0 fully saturated rings. The van der Waals surface area contributed by atoms with Crippen molar-refractivity contribution in [3.05, 3.63) is 35.9 Å². The van der Waals surface area contributed by atoms with Crippen molar-refractivity contribution in [1.82, 2.24) is 10.2 Å². The molecule has 0 saturated heterocycles. The van der Waals surface area contributed by atoms with Crippen molar-refractivity contribution >= 4 is 0 Å². The Kier molecular flexibility index (Phi) is 6.15. The van der Waals surface area contributed by atoms with Crippen molar-refractivity contribution in [3.8, 4) is 0 Å². The third-order valence-electron chi connectivity index (χ3n) is 2.62. The molecule has 1 N–H and O–H groups in total. The average Bonchev–Trinajstić information content (AvgIpc) is 2.33. The van der Waals surface area contributed by atoms with Crippen molar-refractivity contribution in [3.63, 3.8) is 0 Å². The van der Waals surface area contributed by atoms with Crippen LogP contribution in [-0.4, -0.2) is 37.8 Å². The molecule has 0 aromatic heterocycles. The first kappa shape index (κ1) is 15.0. The summed E-state index contributed by atoms with van der Waals surface area (Å²) in [4.78, 5) is 1.69. The fourth-order valence-corrected chi connectivity index (χ4v) is 1.53. The van der Waals surface area contributed by atoms with Crippen LogP contribution < -0.4 is 5.32 Å². The smallest absolute Gasteiger partial charge is 0.311 e. The SMILES string of the molecule is CN(CCNCc1ccccc1)CCC(F)(F)F. The molecule has 0 amide bonds. The van der Waals surface area contributed by atoms with E-state index in [0.29, 0.717) is 13.1 Å². The van der Waals surface area contributed by atoms with E-state index in [0.717, 1.165) is 6.54 Å². The van der Waals surface area contributed by atoms with E-state index in [1.807, 2.05) is 30.3 Å². The van der Waals surface area contributed by atoms with E-state index in [2.05, 4.69) is 5.32 Å². The second-order valence-electron chi connectivity index (χ2n) is 4.33. The van der Waals surface area contributed by atoms with Crippen LogP contribution in [0.3, 0.4) is 0 Å². The monoisotopic (exact) mass is 260 g/mol. The molecule has 0 radical (unpaired) electrons. The van der Waals surface area contributed by atoms with E-state index in [9.17, 15) is 13.2 Å². The maximum Gasteiger partial charge on any atom is 0.390 e. The Balaban J connectivity index is 2.07. The van der Waals surface area contributed by atoms with Crippen molar-refractivity contribution < 1.29 is 13.2 Å². The molecule has 0 aliphatic heterocycles. The van der Waals surface area contributed by atoms with Gasteiger partial charge in [0.15, 0.2) is 0 Å². The summed E-state index contributed by atoms with van der Waals surface area (Å²) in [6, 6.07) is 9.91. The highest BCUT2D eigenvalue weighted by Gasteiger charge is 2.26. The molecule has 1 aromatic rings. The number of likely N-dealkylation sites (N-methyl/N-ethyl adjacent to an activating group) is 1. The lowest BCUT2D eigenvalue weighted by Crippen LogP contribution is -2.31. The minimum atomic E-state index is -4.06. The molecule has 1 rings (SSSR count). The van der Waals surface area contributed by atoms with Crippen molar-refractivity contribution in [2.24, 2.45) is 0 Å². The van der Waals surface area contributed by atoms with Crippen LogP contribution in [0.4, 0.5) is 13.2 Å². The lowest BCUT2D eigenvalue weighted by Gasteiger charge is -2.17. The van der Waals surface area contributed by atoms with Crippen LogP contribution >= 0.6 is 0 Å². The van der Waals surface area contributed by atoms with Crippen LogP contribution in [0.2, 0.25) is 0 Å². The van der Waals surface area contributed by atoms with Gasteiger partial charge in [0.05, 0.1) is 6.42 Å². The summed E-state index contributed by atoms with van der Waals surface area (Å²) in [6.07, 6.45) is -4.81. The number of rotatable bonds is 7. The first-order valence-electron chi connectivity index (χ1n) is 5.97. The minimum Gasteiger partial charge on any atom is -0.311 e. The van der Waals surface area contributed by atoms with Crippen LogP contribution in [0.5, 0.6) is 0 Å². The number of benzene rings is 1. The molecule has 0 atom stereocenters. The van der Waals surface area contributed by atoms with Gasteiger partial charge in [0, 0.05) is 26.2 Å². The second kappa shape index (κ2) is 7.38. The van der Waals surface area contributed by atoms with E-state index in [1.54, 1.807) is 11.9 Å². The van der Waals surface area contributed by atoms with E-state index in [4.69, 9.17) is 0 Å². The third kappa shape index (κ3) is 7.29. The third-order valence-corrected chi connectivity index (χ3v) is 2.62. The normalized spacial score (nSPS) is 12.1. The Morgan fingerprint density at radius 2 is 1.78 bits per heavy atom. The molecule has 0 unspecified atom stereocenters. The molecule has 0 aliphatic carbocycles. The van der Waals surface area contributed by atoms with E-state index in [-0.39, 0.29) is 6.54 Å². The highest BCUT2D eigenvalue weighted by Crippen LogP contribution is 2.19.